The first-order chi connectivity index (χ1) is 24.0. The summed E-state index contributed by atoms with van der Waals surface area (Å²) in [7, 11) is 0. The molecule has 7 heteroatoms. The molecule has 6 aromatic rings. The predicted molar refractivity (Wildman–Crippen MR) is 200 cm³/mol. The average molecular weight is 743 g/mol. The Bertz CT molecular complexity index is 1570. The van der Waals surface area contributed by atoms with Crippen LogP contribution in [0.2, 0.25) is 0 Å². The second-order valence-electron chi connectivity index (χ2n) is 11.5. The molecule has 0 saturated carbocycles. The number of hydrogen-bond donors (Lipinski definition) is 6. The van der Waals surface area contributed by atoms with Gasteiger partial charge in [0.25, 0.3) is 0 Å². The maximum Gasteiger partial charge on any atom is 0.0953 e. The first-order valence-electron chi connectivity index (χ1n) is 16.5. The van der Waals surface area contributed by atoms with E-state index >= 15 is 0 Å². The van der Waals surface area contributed by atoms with Crippen LogP contribution < -0.4 is 16.8 Å². The summed E-state index contributed by atoms with van der Waals surface area (Å²) in [6, 6.07) is 59.9. The van der Waals surface area contributed by atoms with E-state index < -0.39 is 5.54 Å². The van der Waals surface area contributed by atoms with Crippen molar-refractivity contribution in [1.29, 1.82) is 0 Å². The molecule has 0 spiro atoms. The van der Waals surface area contributed by atoms with Gasteiger partial charge in [-0.05, 0) is 33.4 Å². The molecule has 0 aromatic heterocycles. The first-order valence-corrected chi connectivity index (χ1v) is 16.5. The van der Waals surface area contributed by atoms with E-state index in [2.05, 4.69) is 90.2 Å². The Hall–Kier alpha value is -3.82. The molecule has 0 aliphatic carbocycles. The molecule has 0 fully saturated rings. The Morgan fingerprint density at radius 2 is 0.660 bits per heavy atom. The Balaban J connectivity index is 0.000000263. The second-order valence-corrected chi connectivity index (χ2v) is 11.5. The van der Waals surface area contributed by atoms with Crippen LogP contribution in [0.25, 0.3) is 0 Å². The van der Waals surface area contributed by atoms with Crippen molar-refractivity contribution in [2.75, 3.05) is 19.8 Å². The maximum absolute atomic E-state index is 10.3. The van der Waals surface area contributed by atoms with Gasteiger partial charge in [0.2, 0.25) is 0 Å². The molecular weight excluding hydrogens is 695 g/mol. The van der Waals surface area contributed by atoms with Gasteiger partial charge in [0.15, 0.2) is 0 Å². The number of aliphatic hydroxyl groups is 3. The van der Waals surface area contributed by atoms with E-state index in [0.717, 1.165) is 33.4 Å². The van der Waals surface area contributed by atoms with Crippen LogP contribution in [0, 0.1) is 0 Å². The molecule has 6 nitrogen and oxygen atoms in total. The summed E-state index contributed by atoms with van der Waals surface area (Å²) in [4.78, 5) is 0. The van der Waals surface area contributed by atoms with Crippen LogP contribution in [0.15, 0.2) is 182 Å². The van der Waals surface area contributed by atoms with Gasteiger partial charge in [0.1, 0.15) is 0 Å². The number of aliphatic hydroxyl groups excluding tert-OH is 3. The molecular formula is C43H47N3O3Y. The summed E-state index contributed by atoms with van der Waals surface area (Å²) in [5, 5.41) is 31.5. The molecule has 6 aromatic carbocycles. The minimum absolute atomic E-state index is 0. The quantitative estimate of drug-likeness (QED) is 0.0827. The van der Waals surface area contributed by atoms with Gasteiger partial charge in [0, 0.05) is 32.7 Å². The van der Waals surface area contributed by atoms with Crippen LogP contribution in [-0.4, -0.2) is 35.1 Å². The third-order valence-electron chi connectivity index (χ3n) is 8.24. The fourth-order valence-electron chi connectivity index (χ4n) is 5.61. The largest absolute Gasteiger partial charge is 0.394 e. The van der Waals surface area contributed by atoms with Crippen LogP contribution >= 0.6 is 0 Å². The zero-order valence-corrected chi connectivity index (χ0v) is 31.1. The zero-order chi connectivity index (χ0) is 34.7. The zero-order valence-electron chi connectivity index (χ0n) is 28.2. The van der Waals surface area contributed by atoms with Gasteiger partial charge in [-0.3, -0.25) is 5.32 Å². The number of hydrogen-bond acceptors (Lipinski definition) is 6. The summed E-state index contributed by atoms with van der Waals surface area (Å²) >= 11 is 0. The van der Waals surface area contributed by atoms with E-state index in [1.807, 2.05) is 97.1 Å². The van der Waals surface area contributed by atoms with Crippen molar-refractivity contribution in [3.8, 4) is 0 Å². The van der Waals surface area contributed by atoms with Gasteiger partial charge >= 0.3 is 0 Å². The Morgan fingerprint density at radius 3 is 0.920 bits per heavy atom. The van der Waals surface area contributed by atoms with E-state index in [-0.39, 0.29) is 70.7 Å². The van der Waals surface area contributed by atoms with Crippen LogP contribution in [-0.2, 0) is 38.2 Å². The van der Waals surface area contributed by atoms with Crippen molar-refractivity contribution in [2.24, 2.45) is 11.5 Å². The van der Waals surface area contributed by atoms with Crippen LogP contribution in [0.5, 0.6) is 0 Å². The molecule has 0 aliphatic heterocycles. The van der Waals surface area contributed by atoms with Gasteiger partial charge in [-0.25, -0.2) is 0 Å². The van der Waals surface area contributed by atoms with Crippen molar-refractivity contribution >= 4 is 0 Å². The maximum atomic E-state index is 10.3. The minimum Gasteiger partial charge on any atom is -0.394 e. The van der Waals surface area contributed by atoms with Gasteiger partial charge < -0.3 is 26.8 Å². The molecule has 0 unspecified atom stereocenters. The van der Waals surface area contributed by atoms with Crippen molar-refractivity contribution in [3.63, 3.8) is 0 Å². The fourth-order valence-corrected chi connectivity index (χ4v) is 5.61. The number of nitrogens with two attached hydrogens (primary N) is 2. The smallest absolute Gasteiger partial charge is 0.0953 e. The van der Waals surface area contributed by atoms with Crippen molar-refractivity contribution < 1.29 is 48.0 Å². The fraction of sp³-hybridized carbons (Fsp3) is 0.163. The van der Waals surface area contributed by atoms with Crippen molar-refractivity contribution in [2.45, 2.75) is 23.7 Å². The summed E-state index contributed by atoms with van der Waals surface area (Å²) < 4.78 is 0. The summed E-state index contributed by atoms with van der Waals surface area (Å²) in [5.74, 6) is 0. The van der Waals surface area contributed by atoms with Gasteiger partial charge in [-0.15, -0.1) is 0 Å². The Morgan fingerprint density at radius 1 is 0.400 bits per heavy atom. The summed E-state index contributed by atoms with van der Waals surface area (Å²) in [6.07, 6.45) is 0. The number of nitrogens with one attached hydrogen (secondary N) is 1. The topological polar surface area (TPSA) is 125 Å². The van der Waals surface area contributed by atoms with E-state index in [9.17, 15) is 5.11 Å². The number of rotatable bonds is 11. The molecule has 8 N–H and O–H groups in total. The molecule has 0 bridgehead atoms. The van der Waals surface area contributed by atoms with E-state index in [1.54, 1.807) is 0 Å². The summed E-state index contributed by atoms with van der Waals surface area (Å²) in [6.45, 7) is 0.00624. The molecule has 0 aliphatic rings. The molecule has 0 saturated heterocycles. The molecule has 0 heterocycles. The van der Waals surface area contributed by atoms with Crippen LogP contribution in [0.1, 0.15) is 51.5 Å². The normalized spacial score (nSPS) is 12.4. The summed E-state index contributed by atoms with van der Waals surface area (Å²) in [5.41, 5.74) is 16.9. The van der Waals surface area contributed by atoms with Crippen LogP contribution in [0.4, 0.5) is 0 Å². The molecule has 50 heavy (non-hydrogen) atoms. The van der Waals surface area contributed by atoms with Gasteiger partial charge in [-0.2, -0.15) is 0 Å². The standard InChI is InChI=1S/C27H25NO.2C8H11NO.Y/c29-21-26(22-13-5-1-6-14-22)28-27(23-15-7-2-8-16-23,24-17-9-3-10-18-24)25-19-11-4-12-20-25;2*9-8(6-10)7-4-2-1-3-5-7;/h1-20,26,28-29H,21H2;2*1-5,8,10H,6,9H2;/t26-;2*8-;/m111./s1. The predicted octanol–water partition coefficient (Wildman–Crippen LogP) is 6.66. The Labute approximate surface area is 321 Å². The van der Waals surface area contributed by atoms with Gasteiger partial charge in [-0.1, -0.05) is 182 Å². The van der Waals surface area contributed by atoms with E-state index in [0.29, 0.717) is 0 Å². The van der Waals surface area contributed by atoms with E-state index in [1.165, 1.54) is 0 Å². The first kappa shape index (κ1) is 40.6. The SMILES string of the molecule is N[C@H](CO)c1ccccc1.N[C@H](CO)c1ccccc1.OC[C@@H](NC(c1ccccc1)(c1ccccc1)c1ccccc1)c1ccccc1.[Y]. The van der Waals surface area contributed by atoms with Gasteiger partial charge in [0.05, 0.1) is 43.5 Å². The van der Waals surface area contributed by atoms with E-state index in [4.69, 9.17) is 21.7 Å². The number of benzene rings is 6. The molecule has 6 rings (SSSR count). The minimum atomic E-state index is -0.604. The van der Waals surface area contributed by atoms with Crippen molar-refractivity contribution in [1.82, 2.24) is 5.32 Å². The van der Waals surface area contributed by atoms with Crippen molar-refractivity contribution in [3.05, 3.63) is 215 Å². The average Bonchev–Trinajstić information content (AvgIpc) is 3.20. The van der Waals surface area contributed by atoms with Crippen LogP contribution in [0.3, 0.4) is 0 Å². The molecule has 3 atom stereocenters. The second kappa shape index (κ2) is 22.1. The third-order valence-corrected chi connectivity index (χ3v) is 8.24. The third kappa shape index (κ3) is 11.4. The molecule has 0 amide bonds. The molecule has 1 radical (unpaired) electrons. The monoisotopic (exact) mass is 742 g/mol. The molecule has 255 valence electrons. The Kier molecular flexibility index (Phi) is 17.9.